The van der Waals surface area contributed by atoms with Crippen molar-refractivity contribution in [2.45, 2.75) is 6.61 Å². The van der Waals surface area contributed by atoms with Crippen LogP contribution in [0.3, 0.4) is 0 Å². The lowest BCUT2D eigenvalue weighted by Gasteiger charge is -2.36. The van der Waals surface area contributed by atoms with Crippen molar-refractivity contribution in [2.75, 3.05) is 38.2 Å². The molecule has 3 aromatic rings. The second-order valence-electron chi connectivity index (χ2n) is 8.45. The van der Waals surface area contributed by atoms with E-state index in [4.69, 9.17) is 21.1 Å². The molecule has 5 rings (SSSR count). The van der Waals surface area contributed by atoms with Gasteiger partial charge in [-0.3, -0.25) is 4.79 Å². The molecule has 0 spiro atoms. The number of amidine groups is 1. The van der Waals surface area contributed by atoms with Gasteiger partial charge in [-0.1, -0.05) is 48.0 Å². The van der Waals surface area contributed by atoms with Gasteiger partial charge in [-0.15, -0.1) is 0 Å². The summed E-state index contributed by atoms with van der Waals surface area (Å²) >= 11 is 7.38. The van der Waals surface area contributed by atoms with E-state index in [1.54, 1.807) is 7.11 Å². The molecule has 1 amide bonds. The Morgan fingerprint density at radius 2 is 1.67 bits per heavy atom. The topological polar surface area (TPSA) is 54.4 Å². The number of aliphatic imine (C=N–C) groups is 1. The average molecular weight is 520 g/mol. The number of carbonyl (C=O) groups excluding carboxylic acids is 1. The molecule has 1 fully saturated rings. The number of nitrogens with zero attached hydrogens (tertiary/aromatic N) is 3. The fraction of sp³-hybridized carbons (Fsp3) is 0.214. The molecule has 8 heteroatoms. The number of benzene rings is 3. The number of carbonyl (C=O) groups is 1. The number of hydrogen-bond donors (Lipinski definition) is 0. The van der Waals surface area contributed by atoms with Gasteiger partial charge in [0.2, 0.25) is 0 Å². The van der Waals surface area contributed by atoms with Crippen molar-refractivity contribution in [2.24, 2.45) is 4.99 Å². The van der Waals surface area contributed by atoms with Crippen molar-refractivity contribution in [3.63, 3.8) is 0 Å². The number of piperazine rings is 1. The van der Waals surface area contributed by atoms with Crippen molar-refractivity contribution in [3.8, 4) is 11.5 Å². The summed E-state index contributed by atoms with van der Waals surface area (Å²) in [6.45, 7) is 3.84. The molecule has 3 aromatic carbocycles. The van der Waals surface area contributed by atoms with E-state index in [1.807, 2.05) is 54.6 Å². The van der Waals surface area contributed by atoms with Gasteiger partial charge in [0.15, 0.2) is 16.7 Å². The molecule has 0 N–H and O–H groups in total. The molecule has 0 atom stereocenters. The van der Waals surface area contributed by atoms with E-state index >= 15 is 0 Å². The molecule has 6 nitrogen and oxygen atoms in total. The zero-order chi connectivity index (χ0) is 24.9. The first-order chi connectivity index (χ1) is 17.6. The molecule has 2 aliphatic rings. The van der Waals surface area contributed by atoms with Gasteiger partial charge in [-0.2, -0.15) is 4.99 Å². The normalized spacial score (nSPS) is 16.9. The number of methoxy groups -OCH3 is 1. The fourth-order valence-corrected chi connectivity index (χ4v) is 5.21. The third-order valence-corrected chi connectivity index (χ3v) is 7.37. The van der Waals surface area contributed by atoms with Crippen LogP contribution in [0.5, 0.6) is 11.5 Å². The van der Waals surface area contributed by atoms with Crippen LogP contribution in [0.1, 0.15) is 11.1 Å². The molecule has 0 saturated carbocycles. The minimum Gasteiger partial charge on any atom is -0.493 e. The van der Waals surface area contributed by atoms with Crippen LogP contribution >= 0.6 is 23.4 Å². The van der Waals surface area contributed by atoms with Gasteiger partial charge in [-0.25, -0.2) is 0 Å². The monoisotopic (exact) mass is 519 g/mol. The first-order valence-electron chi connectivity index (χ1n) is 11.7. The van der Waals surface area contributed by atoms with Crippen molar-refractivity contribution in [1.29, 1.82) is 0 Å². The maximum atomic E-state index is 12.6. The Morgan fingerprint density at radius 1 is 0.944 bits per heavy atom. The van der Waals surface area contributed by atoms with Crippen molar-refractivity contribution in [3.05, 3.63) is 93.9 Å². The standard InChI is InChI=1S/C28H26ClN3O3S/c1-34-25-17-21(9-12-24(25)35-19-20-7-10-22(29)11-8-20)18-26-27(33)30-28(36-26)32-15-13-31(14-16-32)23-5-3-2-4-6-23/h2-12,17-18H,13-16,19H2,1H3/b26-18-. The highest BCUT2D eigenvalue weighted by Gasteiger charge is 2.28. The van der Waals surface area contributed by atoms with Crippen LogP contribution in [0.25, 0.3) is 6.08 Å². The lowest BCUT2D eigenvalue weighted by atomic mass is 10.2. The van der Waals surface area contributed by atoms with Crippen LogP contribution in [-0.4, -0.2) is 49.3 Å². The molecule has 1 saturated heterocycles. The Labute approximate surface area is 220 Å². The van der Waals surface area contributed by atoms with E-state index in [0.717, 1.165) is 42.5 Å². The number of amides is 1. The van der Waals surface area contributed by atoms with Crippen molar-refractivity contribution in [1.82, 2.24) is 4.90 Å². The average Bonchev–Trinajstić information content (AvgIpc) is 3.29. The molecule has 2 heterocycles. The Balaban J connectivity index is 1.21. The second-order valence-corrected chi connectivity index (χ2v) is 9.89. The molecular formula is C28H26ClN3O3S. The van der Waals surface area contributed by atoms with E-state index in [-0.39, 0.29) is 5.91 Å². The fourth-order valence-electron chi connectivity index (χ4n) is 4.11. The van der Waals surface area contributed by atoms with Crippen LogP contribution in [-0.2, 0) is 11.4 Å². The summed E-state index contributed by atoms with van der Waals surface area (Å²) in [7, 11) is 1.60. The van der Waals surface area contributed by atoms with Gasteiger partial charge in [0.25, 0.3) is 5.91 Å². The van der Waals surface area contributed by atoms with Crippen molar-refractivity contribution < 1.29 is 14.3 Å². The first-order valence-corrected chi connectivity index (χ1v) is 12.9. The van der Waals surface area contributed by atoms with E-state index in [1.165, 1.54) is 17.4 Å². The molecule has 184 valence electrons. The summed E-state index contributed by atoms with van der Waals surface area (Å²) in [6, 6.07) is 23.6. The van der Waals surface area contributed by atoms with Gasteiger partial charge in [0.1, 0.15) is 6.61 Å². The number of halogens is 1. The molecule has 0 unspecified atom stereocenters. The third-order valence-electron chi connectivity index (χ3n) is 6.07. The van der Waals surface area contributed by atoms with E-state index in [9.17, 15) is 4.79 Å². The van der Waals surface area contributed by atoms with Crippen LogP contribution in [0, 0.1) is 0 Å². The molecule has 2 aliphatic heterocycles. The van der Waals surface area contributed by atoms with E-state index in [0.29, 0.717) is 28.0 Å². The summed E-state index contributed by atoms with van der Waals surface area (Å²) in [6.07, 6.45) is 1.86. The molecule has 0 aromatic heterocycles. The summed E-state index contributed by atoms with van der Waals surface area (Å²) in [5.74, 6) is 1.03. The van der Waals surface area contributed by atoms with Gasteiger partial charge in [0, 0.05) is 36.9 Å². The van der Waals surface area contributed by atoms with Gasteiger partial charge < -0.3 is 19.3 Å². The van der Waals surface area contributed by atoms with Crippen LogP contribution in [0.4, 0.5) is 5.69 Å². The number of anilines is 1. The number of rotatable bonds is 6. The van der Waals surface area contributed by atoms with Crippen LogP contribution < -0.4 is 14.4 Å². The lowest BCUT2D eigenvalue weighted by Crippen LogP contribution is -2.47. The SMILES string of the molecule is COc1cc(/C=C2\SC(N3CCN(c4ccccc4)CC3)=NC2=O)ccc1OCc1ccc(Cl)cc1. The smallest absolute Gasteiger partial charge is 0.286 e. The Bertz CT molecular complexity index is 1290. The van der Waals surface area contributed by atoms with Gasteiger partial charge in [-0.05, 0) is 65.4 Å². The highest BCUT2D eigenvalue weighted by molar-refractivity contribution is 8.18. The Morgan fingerprint density at radius 3 is 2.39 bits per heavy atom. The first kappa shape index (κ1) is 24.3. The maximum absolute atomic E-state index is 12.6. The highest BCUT2D eigenvalue weighted by atomic mass is 35.5. The number of para-hydroxylation sites is 1. The van der Waals surface area contributed by atoms with Crippen molar-refractivity contribution >= 4 is 46.2 Å². The summed E-state index contributed by atoms with van der Waals surface area (Å²) in [5, 5.41) is 1.46. The lowest BCUT2D eigenvalue weighted by molar-refractivity contribution is -0.113. The molecule has 0 bridgehead atoms. The molecular weight excluding hydrogens is 494 g/mol. The summed E-state index contributed by atoms with van der Waals surface area (Å²) < 4.78 is 11.5. The maximum Gasteiger partial charge on any atom is 0.286 e. The Kier molecular flexibility index (Phi) is 7.49. The summed E-state index contributed by atoms with van der Waals surface area (Å²) in [5.41, 5.74) is 3.09. The van der Waals surface area contributed by atoms with E-state index < -0.39 is 0 Å². The number of hydrogen-bond acceptors (Lipinski definition) is 6. The van der Waals surface area contributed by atoms with E-state index in [2.05, 4.69) is 39.1 Å². The summed E-state index contributed by atoms with van der Waals surface area (Å²) in [4.78, 5) is 22.1. The number of thioether (sulfide) groups is 1. The predicted octanol–water partition coefficient (Wildman–Crippen LogP) is 5.72. The minimum absolute atomic E-state index is 0.206. The van der Waals surface area contributed by atoms with Gasteiger partial charge >= 0.3 is 0 Å². The highest BCUT2D eigenvalue weighted by Crippen LogP contribution is 2.34. The minimum atomic E-state index is -0.206. The largest absolute Gasteiger partial charge is 0.493 e. The quantitative estimate of drug-likeness (QED) is 0.388. The zero-order valence-electron chi connectivity index (χ0n) is 19.9. The Hall–Kier alpha value is -3.42. The zero-order valence-corrected chi connectivity index (χ0v) is 21.5. The van der Waals surface area contributed by atoms with Crippen LogP contribution in [0.2, 0.25) is 5.02 Å². The predicted molar refractivity (Wildman–Crippen MR) is 147 cm³/mol. The number of ether oxygens (including phenoxy) is 2. The molecule has 0 aliphatic carbocycles. The second kappa shape index (κ2) is 11.1. The molecule has 36 heavy (non-hydrogen) atoms. The third kappa shape index (κ3) is 5.69. The molecule has 0 radical (unpaired) electrons. The van der Waals surface area contributed by atoms with Gasteiger partial charge in [0.05, 0.1) is 12.0 Å². The van der Waals surface area contributed by atoms with Crippen LogP contribution in [0.15, 0.2) is 82.7 Å².